The van der Waals surface area contributed by atoms with Crippen LogP contribution in [0.25, 0.3) is 10.9 Å². The normalized spacial score (nSPS) is 11.6. The van der Waals surface area contributed by atoms with E-state index in [0.717, 1.165) is 17.5 Å². The maximum atomic E-state index is 12.8. The Morgan fingerprint density at radius 1 is 1.07 bits per heavy atom. The quantitative estimate of drug-likeness (QED) is 0.714. The van der Waals surface area contributed by atoms with Gasteiger partial charge in [-0.3, -0.25) is 9.59 Å². The van der Waals surface area contributed by atoms with Gasteiger partial charge in [0.05, 0.1) is 5.56 Å². The highest BCUT2D eigenvalue weighted by Gasteiger charge is 2.30. The number of H-pyrrole nitrogens is 1. The minimum Gasteiger partial charge on any atom is -0.341 e. The van der Waals surface area contributed by atoms with Gasteiger partial charge in [0.15, 0.2) is 0 Å². The predicted octanol–water partition coefficient (Wildman–Crippen LogP) is 4.14. The number of halogens is 3. The molecule has 2 aromatic carbocycles. The van der Waals surface area contributed by atoms with Gasteiger partial charge in [0.2, 0.25) is 11.5 Å². The summed E-state index contributed by atoms with van der Waals surface area (Å²) in [6.45, 7) is 0.242. The summed E-state index contributed by atoms with van der Waals surface area (Å²) in [5, 5.41) is 0.847. The van der Waals surface area contributed by atoms with Crippen molar-refractivity contribution >= 4 is 16.8 Å². The van der Waals surface area contributed by atoms with E-state index >= 15 is 0 Å². The molecule has 0 fully saturated rings. The molecule has 1 aromatic heterocycles. The first-order valence-corrected chi connectivity index (χ1v) is 8.75. The molecular formula is C21H19F3N2O2. The minimum atomic E-state index is -4.40. The zero-order valence-corrected chi connectivity index (χ0v) is 15.2. The van der Waals surface area contributed by atoms with Crippen LogP contribution in [-0.2, 0) is 23.9 Å². The Morgan fingerprint density at radius 2 is 1.82 bits per heavy atom. The highest BCUT2D eigenvalue weighted by Crippen LogP contribution is 2.29. The number of alkyl halides is 3. The van der Waals surface area contributed by atoms with Crippen LogP contribution in [-0.4, -0.2) is 22.8 Å². The van der Waals surface area contributed by atoms with Gasteiger partial charge in [-0.2, -0.15) is 13.2 Å². The summed E-state index contributed by atoms with van der Waals surface area (Å²) in [6, 6.07) is 13.8. The van der Waals surface area contributed by atoms with Crippen molar-refractivity contribution < 1.29 is 18.0 Å². The van der Waals surface area contributed by atoms with Crippen molar-refractivity contribution in [3.63, 3.8) is 0 Å². The summed E-state index contributed by atoms with van der Waals surface area (Å²) >= 11 is 0. The van der Waals surface area contributed by atoms with Crippen LogP contribution >= 0.6 is 0 Å². The molecule has 7 heteroatoms. The highest BCUT2D eigenvalue weighted by atomic mass is 19.4. The molecule has 146 valence electrons. The molecule has 1 N–H and O–H groups in total. The molecule has 1 heterocycles. The Kier molecular flexibility index (Phi) is 5.53. The van der Waals surface area contributed by atoms with E-state index in [1.54, 1.807) is 19.2 Å². The third-order valence-electron chi connectivity index (χ3n) is 4.55. The first-order chi connectivity index (χ1) is 13.2. The number of benzene rings is 2. The SMILES string of the molecule is CN(Cc1cc(=O)[nH]c2ccccc12)C(=O)CCc1cccc(C(F)(F)F)c1. The number of nitrogens with one attached hydrogen (secondary N) is 1. The van der Waals surface area contributed by atoms with Crippen LogP contribution in [0.1, 0.15) is 23.1 Å². The summed E-state index contributed by atoms with van der Waals surface area (Å²) in [5.41, 5.74) is 0.890. The van der Waals surface area contributed by atoms with E-state index in [2.05, 4.69) is 4.98 Å². The van der Waals surface area contributed by atoms with Crippen molar-refractivity contribution in [2.75, 3.05) is 7.05 Å². The van der Waals surface area contributed by atoms with Crippen LogP contribution in [0.15, 0.2) is 59.4 Å². The van der Waals surface area contributed by atoms with E-state index in [0.29, 0.717) is 16.6 Å². The number of carbonyl (C=O) groups excluding carboxylic acids is 1. The van der Waals surface area contributed by atoms with Crippen molar-refractivity contribution in [1.82, 2.24) is 9.88 Å². The number of aromatic amines is 1. The standard InChI is InChI=1S/C21H19F3N2O2/c1-26(13-15-12-19(27)25-18-8-3-2-7-17(15)18)20(28)10-9-14-5-4-6-16(11-14)21(22,23)24/h2-8,11-12H,9-10,13H2,1H3,(H,25,27). The fraction of sp³-hybridized carbons (Fsp3) is 0.238. The lowest BCUT2D eigenvalue weighted by atomic mass is 10.1. The molecule has 28 heavy (non-hydrogen) atoms. The van der Waals surface area contributed by atoms with Gasteiger partial charge in [-0.1, -0.05) is 36.4 Å². The second-order valence-electron chi connectivity index (χ2n) is 6.65. The smallest absolute Gasteiger partial charge is 0.341 e. The number of amides is 1. The Hall–Kier alpha value is -3.09. The summed E-state index contributed by atoms with van der Waals surface area (Å²) < 4.78 is 38.4. The topological polar surface area (TPSA) is 53.2 Å². The van der Waals surface area contributed by atoms with Crippen LogP contribution in [0.5, 0.6) is 0 Å². The fourth-order valence-corrected chi connectivity index (χ4v) is 3.10. The van der Waals surface area contributed by atoms with Gasteiger partial charge in [0, 0.05) is 37.0 Å². The zero-order chi connectivity index (χ0) is 20.3. The number of aromatic nitrogens is 1. The number of pyridine rings is 1. The van der Waals surface area contributed by atoms with E-state index in [4.69, 9.17) is 0 Å². The molecule has 0 aliphatic heterocycles. The predicted molar refractivity (Wildman–Crippen MR) is 101 cm³/mol. The summed E-state index contributed by atoms with van der Waals surface area (Å²) in [6.07, 6.45) is -4.11. The lowest BCUT2D eigenvalue weighted by Gasteiger charge is -2.18. The summed E-state index contributed by atoms with van der Waals surface area (Å²) in [5.74, 6) is -0.207. The van der Waals surface area contributed by atoms with E-state index in [1.165, 1.54) is 17.0 Å². The molecule has 0 saturated heterocycles. The number of para-hydroxylation sites is 1. The molecule has 0 radical (unpaired) electrons. The molecule has 0 bridgehead atoms. The van der Waals surface area contributed by atoms with E-state index < -0.39 is 11.7 Å². The Balaban J connectivity index is 1.69. The van der Waals surface area contributed by atoms with Crippen LogP contribution in [0.3, 0.4) is 0 Å². The number of hydrogen-bond donors (Lipinski definition) is 1. The Bertz CT molecular complexity index is 1060. The van der Waals surface area contributed by atoms with E-state index in [9.17, 15) is 22.8 Å². The molecular weight excluding hydrogens is 369 g/mol. The molecule has 0 atom stereocenters. The summed E-state index contributed by atoms with van der Waals surface area (Å²) in [7, 11) is 1.62. The number of aryl methyl sites for hydroxylation is 1. The number of hydrogen-bond acceptors (Lipinski definition) is 2. The first-order valence-electron chi connectivity index (χ1n) is 8.75. The number of fused-ring (bicyclic) bond motifs is 1. The van der Waals surface area contributed by atoms with Gasteiger partial charge in [0.25, 0.3) is 0 Å². The highest BCUT2D eigenvalue weighted by molar-refractivity contribution is 5.82. The van der Waals surface area contributed by atoms with Gasteiger partial charge in [-0.25, -0.2) is 0 Å². The maximum absolute atomic E-state index is 12.8. The monoisotopic (exact) mass is 388 g/mol. The maximum Gasteiger partial charge on any atom is 0.416 e. The third kappa shape index (κ3) is 4.60. The van der Waals surface area contributed by atoms with Gasteiger partial charge < -0.3 is 9.88 Å². The molecule has 1 amide bonds. The van der Waals surface area contributed by atoms with Gasteiger partial charge >= 0.3 is 6.18 Å². The zero-order valence-electron chi connectivity index (χ0n) is 15.2. The van der Waals surface area contributed by atoms with E-state index in [1.807, 2.05) is 18.2 Å². The minimum absolute atomic E-state index is 0.0823. The Labute approximate surface area is 159 Å². The fourth-order valence-electron chi connectivity index (χ4n) is 3.10. The van der Waals surface area contributed by atoms with Crippen molar-refractivity contribution in [2.24, 2.45) is 0 Å². The van der Waals surface area contributed by atoms with E-state index in [-0.39, 0.29) is 30.9 Å². The number of carbonyl (C=O) groups is 1. The summed E-state index contributed by atoms with van der Waals surface area (Å²) in [4.78, 5) is 28.5. The Morgan fingerprint density at radius 3 is 2.57 bits per heavy atom. The molecule has 4 nitrogen and oxygen atoms in total. The molecule has 0 unspecified atom stereocenters. The van der Waals surface area contributed by atoms with Gasteiger partial charge in [-0.15, -0.1) is 0 Å². The van der Waals surface area contributed by atoms with Crippen LogP contribution in [0.2, 0.25) is 0 Å². The van der Waals surface area contributed by atoms with Crippen LogP contribution in [0.4, 0.5) is 13.2 Å². The molecule has 0 aliphatic carbocycles. The van der Waals surface area contributed by atoms with Crippen LogP contribution < -0.4 is 5.56 Å². The van der Waals surface area contributed by atoms with Crippen molar-refractivity contribution in [3.8, 4) is 0 Å². The van der Waals surface area contributed by atoms with Crippen LogP contribution in [0, 0.1) is 0 Å². The average molecular weight is 388 g/mol. The second kappa shape index (κ2) is 7.88. The van der Waals surface area contributed by atoms with Crippen molar-refractivity contribution in [1.29, 1.82) is 0 Å². The third-order valence-corrected chi connectivity index (χ3v) is 4.55. The van der Waals surface area contributed by atoms with Gasteiger partial charge in [0.1, 0.15) is 0 Å². The average Bonchev–Trinajstić information content (AvgIpc) is 2.65. The second-order valence-corrected chi connectivity index (χ2v) is 6.65. The lowest BCUT2D eigenvalue weighted by Crippen LogP contribution is -2.27. The molecule has 0 spiro atoms. The molecule has 3 aromatic rings. The lowest BCUT2D eigenvalue weighted by molar-refractivity contribution is -0.137. The van der Waals surface area contributed by atoms with Gasteiger partial charge in [-0.05, 0) is 29.7 Å². The number of nitrogens with zero attached hydrogens (tertiary/aromatic N) is 1. The molecule has 3 rings (SSSR count). The van der Waals surface area contributed by atoms with Crippen molar-refractivity contribution in [3.05, 3.63) is 81.6 Å². The first kappa shape index (κ1) is 19.7. The molecule has 0 saturated carbocycles. The number of rotatable bonds is 5. The molecule has 0 aliphatic rings. The van der Waals surface area contributed by atoms with Crippen molar-refractivity contribution in [2.45, 2.75) is 25.6 Å². The largest absolute Gasteiger partial charge is 0.416 e.